The predicted molar refractivity (Wildman–Crippen MR) is 57.4 cm³/mol. The maximum absolute atomic E-state index is 10.8. The van der Waals surface area contributed by atoms with Gasteiger partial charge in [0.1, 0.15) is 6.61 Å². The number of ether oxygens (including phenoxy) is 2. The third-order valence-electron chi connectivity index (χ3n) is 1.80. The summed E-state index contributed by atoms with van der Waals surface area (Å²) < 4.78 is 10.1. The van der Waals surface area contributed by atoms with Crippen molar-refractivity contribution in [3.63, 3.8) is 0 Å². The lowest BCUT2D eigenvalue weighted by atomic mass is 9.94. The molecule has 0 aliphatic heterocycles. The summed E-state index contributed by atoms with van der Waals surface area (Å²) in [5.74, 6) is -0.501. The fourth-order valence-corrected chi connectivity index (χ4v) is 0.826. The molecule has 86 valence electrons. The van der Waals surface area contributed by atoms with Crippen molar-refractivity contribution in [1.29, 1.82) is 0 Å². The van der Waals surface area contributed by atoms with E-state index in [9.17, 15) is 4.79 Å². The van der Waals surface area contributed by atoms with Gasteiger partial charge in [-0.25, -0.2) is 4.79 Å². The van der Waals surface area contributed by atoms with Crippen LogP contribution >= 0.6 is 0 Å². The number of esters is 1. The Morgan fingerprint density at radius 2 is 2.13 bits per heavy atom. The van der Waals surface area contributed by atoms with E-state index in [0.717, 1.165) is 6.08 Å². The first-order chi connectivity index (χ1) is 7.08. The molecule has 0 saturated heterocycles. The van der Waals surface area contributed by atoms with Crippen LogP contribution < -0.4 is 0 Å². The summed E-state index contributed by atoms with van der Waals surface area (Å²) in [6.07, 6.45) is 2.70. The van der Waals surface area contributed by atoms with Crippen molar-refractivity contribution in [2.75, 3.05) is 26.4 Å². The number of aliphatic hydroxyl groups excluding tert-OH is 1. The van der Waals surface area contributed by atoms with Crippen molar-refractivity contribution in [2.24, 2.45) is 5.41 Å². The van der Waals surface area contributed by atoms with E-state index in [-0.39, 0.29) is 13.2 Å². The maximum atomic E-state index is 10.8. The van der Waals surface area contributed by atoms with Crippen molar-refractivity contribution < 1.29 is 19.4 Å². The van der Waals surface area contributed by atoms with Gasteiger partial charge in [-0.15, -0.1) is 6.58 Å². The van der Waals surface area contributed by atoms with E-state index in [1.165, 1.54) is 0 Å². The van der Waals surface area contributed by atoms with E-state index in [2.05, 4.69) is 13.2 Å². The fourth-order valence-electron chi connectivity index (χ4n) is 0.826. The molecule has 0 aliphatic rings. The molecule has 0 amide bonds. The zero-order valence-corrected chi connectivity index (χ0v) is 9.07. The van der Waals surface area contributed by atoms with Crippen molar-refractivity contribution >= 4 is 5.97 Å². The van der Waals surface area contributed by atoms with Crippen LogP contribution in [0, 0.1) is 5.41 Å². The molecule has 0 saturated carbocycles. The van der Waals surface area contributed by atoms with E-state index in [0.29, 0.717) is 13.2 Å². The molecule has 0 fully saturated rings. The number of carbonyl (C=O) groups is 1. The second-order valence-electron chi connectivity index (χ2n) is 3.58. The van der Waals surface area contributed by atoms with Crippen LogP contribution in [0.1, 0.15) is 6.92 Å². The first kappa shape index (κ1) is 13.9. The van der Waals surface area contributed by atoms with Gasteiger partial charge >= 0.3 is 5.97 Å². The molecule has 1 unspecified atom stereocenters. The molecule has 0 bridgehead atoms. The van der Waals surface area contributed by atoms with Gasteiger partial charge in [-0.1, -0.05) is 19.6 Å². The van der Waals surface area contributed by atoms with Gasteiger partial charge in [0.15, 0.2) is 0 Å². The molecule has 4 heteroatoms. The van der Waals surface area contributed by atoms with E-state index in [1.54, 1.807) is 13.0 Å². The summed E-state index contributed by atoms with van der Waals surface area (Å²) in [4.78, 5) is 10.8. The number of hydrogen-bond acceptors (Lipinski definition) is 4. The molecule has 1 N–H and O–H groups in total. The molecule has 0 heterocycles. The van der Waals surface area contributed by atoms with Gasteiger partial charge in [0.25, 0.3) is 0 Å². The maximum Gasteiger partial charge on any atom is 0.330 e. The summed E-state index contributed by atoms with van der Waals surface area (Å²) in [5.41, 5.74) is -0.582. The van der Waals surface area contributed by atoms with Crippen LogP contribution in [0.25, 0.3) is 0 Å². The molecule has 0 aromatic carbocycles. The monoisotopic (exact) mass is 214 g/mol. The van der Waals surface area contributed by atoms with Crippen LogP contribution in [0.3, 0.4) is 0 Å². The van der Waals surface area contributed by atoms with Crippen molar-refractivity contribution in [3.8, 4) is 0 Å². The van der Waals surface area contributed by atoms with Crippen LogP contribution in [0.2, 0.25) is 0 Å². The number of hydrogen-bond donors (Lipinski definition) is 1. The van der Waals surface area contributed by atoms with E-state index >= 15 is 0 Å². The molecule has 0 aromatic heterocycles. The highest BCUT2D eigenvalue weighted by Gasteiger charge is 2.25. The Hall–Kier alpha value is -1.13. The zero-order chi connectivity index (χ0) is 11.7. The summed E-state index contributed by atoms with van der Waals surface area (Å²) >= 11 is 0. The van der Waals surface area contributed by atoms with Gasteiger partial charge in [-0.05, 0) is 0 Å². The molecule has 0 aromatic rings. The highest BCUT2D eigenvalue weighted by atomic mass is 16.5. The van der Waals surface area contributed by atoms with Gasteiger partial charge < -0.3 is 14.6 Å². The fraction of sp³-hybridized carbons (Fsp3) is 0.545. The van der Waals surface area contributed by atoms with Gasteiger partial charge in [0.2, 0.25) is 0 Å². The van der Waals surface area contributed by atoms with Crippen LogP contribution in [0.4, 0.5) is 0 Å². The van der Waals surface area contributed by atoms with Crippen LogP contribution in [0.5, 0.6) is 0 Å². The van der Waals surface area contributed by atoms with Gasteiger partial charge in [-0.2, -0.15) is 0 Å². The van der Waals surface area contributed by atoms with Crippen molar-refractivity contribution in [3.05, 3.63) is 25.3 Å². The van der Waals surface area contributed by atoms with Gasteiger partial charge in [0.05, 0.1) is 19.8 Å². The zero-order valence-electron chi connectivity index (χ0n) is 9.07. The predicted octanol–water partition coefficient (Wildman–Crippen LogP) is 0.917. The molecule has 0 rings (SSSR count). The summed E-state index contributed by atoms with van der Waals surface area (Å²) in [7, 11) is 0. The molecule has 0 radical (unpaired) electrons. The third-order valence-corrected chi connectivity index (χ3v) is 1.80. The van der Waals surface area contributed by atoms with Crippen LogP contribution in [-0.4, -0.2) is 37.5 Å². The summed E-state index contributed by atoms with van der Waals surface area (Å²) in [6, 6.07) is 0. The topological polar surface area (TPSA) is 55.8 Å². The molecule has 4 nitrogen and oxygen atoms in total. The average Bonchev–Trinajstić information content (AvgIpc) is 2.26. The summed E-state index contributed by atoms with van der Waals surface area (Å²) in [6.45, 7) is 9.26. The Labute approximate surface area is 90.2 Å². The minimum absolute atomic E-state index is 0.103. The highest BCUT2D eigenvalue weighted by molar-refractivity contribution is 5.81. The quantitative estimate of drug-likeness (QED) is 0.282. The molecule has 1 atom stereocenters. The normalized spacial score (nSPS) is 14.0. The van der Waals surface area contributed by atoms with E-state index in [1.807, 2.05) is 0 Å². The molecular formula is C11H18O4. The van der Waals surface area contributed by atoms with E-state index in [4.69, 9.17) is 14.6 Å². The standard InChI is InChI=1S/C11H18O4/c1-4-6-14-8-11(3,7-12)9-15-10(13)5-2/h4-5,12H,1-2,6-9H2,3H3. The first-order valence-electron chi connectivity index (χ1n) is 4.66. The minimum atomic E-state index is -0.582. The number of aliphatic hydroxyl groups is 1. The Kier molecular flexibility index (Phi) is 6.66. The third kappa shape index (κ3) is 6.04. The lowest BCUT2D eigenvalue weighted by Crippen LogP contribution is -2.33. The lowest BCUT2D eigenvalue weighted by Gasteiger charge is -2.25. The highest BCUT2D eigenvalue weighted by Crippen LogP contribution is 2.16. The molecule has 0 aliphatic carbocycles. The SMILES string of the molecule is C=CCOCC(C)(CO)COC(=O)C=C. The smallest absolute Gasteiger partial charge is 0.330 e. The van der Waals surface area contributed by atoms with Crippen LogP contribution in [-0.2, 0) is 14.3 Å². The van der Waals surface area contributed by atoms with Crippen LogP contribution in [0.15, 0.2) is 25.3 Å². The van der Waals surface area contributed by atoms with Gasteiger partial charge in [-0.3, -0.25) is 0 Å². The van der Waals surface area contributed by atoms with Crippen molar-refractivity contribution in [1.82, 2.24) is 0 Å². The number of rotatable bonds is 8. The largest absolute Gasteiger partial charge is 0.462 e. The second-order valence-corrected chi connectivity index (χ2v) is 3.58. The average molecular weight is 214 g/mol. The van der Waals surface area contributed by atoms with Gasteiger partial charge in [0, 0.05) is 11.5 Å². The Balaban J connectivity index is 3.99. The second kappa shape index (κ2) is 7.20. The van der Waals surface area contributed by atoms with E-state index < -0.39 is 11.4 Å². The lowest BCUT2D eigenvalue weighted by molar-refractivity contribution is -0.143. The molecule has 15 heavy (non-hydrogen) atoms. The first-order valence-corrected chi connectivity index (χ1v) is 4.66. The Morgan fingerprint density at radius 1 is 1.47 bits per heavy atom. The summed E-state index contributed by atoms with van der Waals surface area (Å²) in [5, 5.41) is 9.15. The molecular weight excluding hydrogens is 196 g/mol. The Morgan fingerprint density at radius 3 is 2.60 bits per heavy atom. The van der Waals surface area contributed by atoms with Crippen molar-refractivity contribution in [2.45, 2.75) is 6.92 Å². The molecule has 0 spiro atoms. The minimum Gasteiger partial charge on any atom is -0.462 e. The Bertz CT molecular complexity index is 225. The number of carbonyl (C=O) groups excluding carboxylic acids is 1.